The molecule has 0 saturated heterocycles. The molecule has 0 aliphatic heterocycles. The summed E-state index contributed by atoms with van der Waals surface area (Å²) in [5.41, 5.74) is 5.25. The molecule has 1 aromatic heterocycles. The zero-order chi connectivity index (χ0) is 19.9. The Hall–Kier alpha value is -3.34. The summed E-state index contributed by atoms with van der Waals surface area (Å²) in [6.45, 7) is 8.27. The van der Waals surface area contributed by atoms with Crippen LogP contribution in [0.15, 0.2) is 66.9 Å². The van der Waals surface area contributed by atoms with Gasteiger partial charge in [-0.15, -0.1) is 0 Å². The number of carbonyl (C=O) groups excluding carboxylic acids is 1. The first-order chi connectivity index (χ1) is 13.6. The van der Waals surface area contributed by atoms with Crippen molar-refractivity contribution in [3.05, 3.63) is 78.1 Å². The number of aromatic nitrogens is 1. The van der Waals surface area contributed by atoms with Crippen LogP contribution in [-0.2, 0) is 0 Å². The molecule has 1 heterocycles. The van der Waals surface area contributed by atoms with Gasteiger partial charge >= 0.3 is 0 Å². The minimum absolute atomic E-state index is 0.232. The summed E-state index contributed by atoms with van der Waals surface area (Å²) in [5, 5.41) is 6.21. The third-order valence-corrected chi connectivity index (χ3v) is 4.59. The van der Waals surface area contributed by atoms with Crippen LogP contribution < -0.4 is 15.5 Å². The number of pyridine rings is 1. The number of benzene rings is 2. The van der Waals surface area contributed by atoms with Gasteiger partial charge < -0.3 is 15.5 Å². The Morgan fingerprint density at radius 2 is 1.54 bits per heavy atom. The highest BCUT2D eigenvalue weighted by atomic mass is 16.1. The quantitative estimate of drug-likeness (QED) is 0.594. The molecule has 0 atom stereocenters. The lowest BCUT2D eigenvalue weighted by Crippen LogP contribution is -2.21. The van der Waals surface area contributed by atoms with Crippen molar-refractivity contribution >= 4 is 28.7 Å². The van der Waals surface area contributed by atoms with Crippen molar-refractivity contribution in [3.8, 4) is 0 Å². The summed E-state index contributed by atoms with van der Waals surface area (Å²) in [6.07, 6.45) is 1.64. The molecule has 0 unspecified atom stereocenters. The molecule has 0 radical (unpaired) electrons. The number of nitrogens with zero attached hydrogens (tertiary/aromatic N) is 2. The van der Waals surface area contributed by atoms with Crippen LogP contribution in [0.5, 0.6) is 0 Å². The van der Waals surface area contributed by atoms with Crippen LogP contribution in [0.25, 0.3) is 0 Å². The van der Waals surface area contributed by atoms with E-state index >= 15 is 0 Å². The maximum atomic E-state index is 12.5. The number of amides is 1. The lowest BCUT2D eigenvalue weighted by Gasteiger charge is -2.21. The molecule has 3 aromatic rings. The molecule has 144 valence electrons. The second-order valence-electron chi connectivity index (χ2n) is 6.59. The van der Waals surface area contributed by atoms with Gasteiger partial charge in [0.1, 0.15) is 5.69 Å². The maximum absolute atomic E-state index is 12.5. The van der Waals surface area contributed by atoms with Crippen molar-refractivity contribution in [3.63, 3.8) is 0 Å². The number of aryl methyl sites for hydroxylation is 1. The molecule has 3 rings (SSSR count). The molecule has 0 aliphatic carbocycles. The van der Waals surface area contributed by atoms with E-state index in [4.69, 9.17) is 0 Å². The fraction of sp³-hybridized carbons (Fsp3) is 0.217. The molecular formula is C23H26N4O. The van der Waals surface area contributed by atoms with Gasteiger partial charge in [-0.2, -0.15) is 0 Å². The van der Waals surface area contributed by atoms with Gasteiger partial charge in [0.15, 0.2) is 0 Å². The minimum atomic E-state index is -0.232. The SMILES string of the molecule is CCN(CC)c1ccc(Nc2ccnc(C(=O)Nc3ccc(C)cc3)c2)cc1. The van der Waals surface area contributed by atoms with Crippen LogP contribution in [0.2, 0.25) is 0 Å². The van der Waals surface area contributed by atoms with E-state index in [0.29, 0.717) is 5.69 Å². The molecule has 0 spiro atoms. The highest BCUT2D eigenvalue weighted by molar-refractivity contribution is 6.03. The summed E-state index contributed by atoms with van der Waals surface area (Å²) < 4.78 is 0. The van der Waals surface area contributed by atoms with Gasteiger partial charge in [-0.05, 0) is 69.3 Å². The van der Waals surface area contributed by atoms with E-state index in [2.05, 4.69) is 46.5 Å². The van der Waals surface area contributed by atoms with E-state index in [0.717, 1.165) is 35.7 Å². The van der Waals surface area contributed by atoms with E-state index in [1.165, 1.54) is 5.69 Å². The van der Waals surface area contributed by atoms with E-state index in [1.54, 1.807) is 12.3 Å². The lowest BCUT2D eigenvalue weighted by atomic mass is 10.2. The first kappa shape index (κ1) is 19.4. The van der Waals surface area contributed by atoms with Gasteiger partial charge in [0.25, 0.3) is 5.91 Å². The van der Waals surface area contributed by atoms with Gasteiger partial charge in [0, 0.05) is 42.0 Å². The molecule has 0 bridgehead atoms. The van der Waals surface area contributed by atoms with E-state index in [-0.39, 0.29) is 5.91 Å². The van der Waals surface area contributed by atoms with Gasteiger partial charge in [0.2, 0.25) is 0 Å². The molecule has 5 nitrogen and oxygen atoms in total. The molecule has 2 N–H and O–H groups in total. The van der Waals surface area contributed by atoms with E-state index < -0.39 is 0 Å². The molecule has 5 heteroatoms. The molecule has 2 aromatic carbocycles. The average molecular weight is 374 g/mol. The molecule has 0 saturated carbocycles. The van der Waals surface area contributed by atoms with Crippen molar-refractivity contribution in [2.24, 2.45) is 0 Å². The number of nitrogens with one attached hydrogen (secondary N) is 2. The number of hydrogen-bond acceptors (Lipinski definition) is 4. The van der Waals surface area contributed by atoms with Gasteiger partial charge in [-0.25, -0.2) is 0 Å². The Morgan fingerprint density at radius 3 is 2.18 bits per heavy atom. The summed E-state index contributed by atoms with van der Waals surface area (Å²) in [4.78, 5) is 19.0. The number of anilines is 4. The van der Waals surface area contributed by atoms with Crippen LogP contribution in [0.3, 0.4) is 0 Å². The predicted molar refractivity (Wildman–Crippen MR) is 117 cm³/mol. The highest BCUT2D eigenvalue weighted by Crippen LogP contribution is 2.21. The Morgan fingerprint density at radius 1 is 0.893 bits per heavy atom. The second kappa shape index (κ2) is 9.04. The monoisotopic (exact) mass is 374 g/mol. The lowest BCUT2D eigenvalue weighted by molar-refractivity contribution is 0.102. The Balaban J connectivity index is 1.69. The molecular weight excluding hydrogens is 348 g/mol. The normalized spacial score (nSPS) is 10.4. The van der Waals surface area contributed by atoms with E-state index in [9.17, 15) is 4.79 Å². The van der Waals surface area contributed by atoms with E-state index in [1.807, 2.05) is 49.4 Å². The Labute approximate surface area is 166 Å². The fourth-order valence-corrected chi connectivity index (χ4v) is 2.98. The standard InChI is InChI=1S/C23H26N4O/c1-4-27(5-2)21-12-10-18(11-13-21)25-20-14-15-24-22(16-20)23(28)26-19-8-6-17(3)7-9-19/h6-16H,4-5H2,1-3H3,(H,24,25)(H,26,28). The van der Waals surface area contributed by atoms with Crippen molar-refractivity contribution < 1.29 is 4.79 Å². The molecule has 0 aliphatic rings. The van der Waals surface area contributed by atoms with Crippen LogP contribution in [-0.4, -0.2) is 24.0 Å². The molecule has 1 amide bonds. The smallest absolute Gasteiger partial charge is 0.274 e. The summed E-state index contributed by atoms with van der Waals surface area (Å²) in [7, 11) is 0. The predicted octanol–water partition coefficient (Wildman–Crippen LogP) is 5.23. The minimum Gasteiger partial charge on any atom is -0.372 e. The summed E-state index contributed by atoms with van der Waals surface area (Å²) in [5.74, 6) is -0.232. The topological polar surface area (TPSA) is 57.3 Å². The zero-order valence-corrected chi connectivity index (χ0v) is 16.6. The fourth-order valence-electron chi connectivity index (χ4n) is 2.98. The third-order valence-electron chi connectivity index (χ3n) is 4.59. The van der Waals surface area contributed by atoms with Crippen LogP contribution in [0.1, 0.15) is 29.9 Å². The second-order valence-corrected chi connectivity index (χ2v) is 6.59. The first-order valence-corrected chi connectivity index (χ1v) is 9.55. The van der Waals surface area contributed by atoms with Crippen molar-refractivity contribution in [1.82, 2.24) is 4.98 Å². The average Bonchev–Trinajstić information content (AvgIpc) is 2.72. The number of rotatable bonds is 7. The maximum Gasteiger partial charge on any atom is 0.274 e. The number of carbonyl (C=O) groups is 1. The van der Waals surface area contributed by atoms with Gasteiger partial charge in [0.05, 0.1) is 0 Å². The van der Waals surface area contributed by atoms with Crippen molar-refractivity contribution in [1.29, 1.82) is 0 Å². The van der Waals surface area contributed by atoms with Crippen molar-refractivity contribution in [2.45, 2.75) is 20.8 Å². The van der Waals surface area contributed by atoms with Crippen LogP contribution >= 0.6 is 0 Å². The zero-order valence-electron chi connectivity index (χ0n) is 16.6. The number of hydrogen-bond donors (Lipinski definition) is 2. The molecule has 0 fully saturated rings. The molecule has 28 heavy (non-hydrogen) atoms. The van der Waals surface area contributed by atoms with Gasteiger partial charge in [-0.1, -0.05) is 17.7 Å². The Kier molecular flexibility index (Phi) is 6.27. The summed E-state index contributed by atoms with van der Waals surface area (Å²) >= 11 is 0. The summed E-state index contributed by atoms with van der Waals surface area (Å²) in [6, 6.07) is 19.6. The largest absolute Gasteiger partial charge is 0.372 e. The third kappa shape index (κ3) is 4.88. The van der Waals surface area contributed by atoms with Crippen LogP contribution in [0.4, 0.5) is 22.7 Å². The Bertz CT molecular complexity index is 916. The van der Waals surface area contributed by atoms with Gasteiger partial charge in [-0.3, -0.25) is 9.78 Å². The van der Waals surface area contributed by atoms with Crippen LogP contribution in [0, 0.1) is 6.92 Å². The first-order valence-electron chi connectivity index (χ1n) is 9.55. The van der Waals surface area contributed by atoms with Crippen molar-refractivity contribution in [2.75, 3.05) is 28.6 Å². The highest BCUT2D eigenvalue weighted by Gasteiger charge is 2.09.